The van der Waals surface area contributed by atoms with Gasteiger partial charge in [-0.2, -0.15) is 0 Å². The van der Waals surface area contributed by atoms with E-state index in [0.29, 0.717) is 6.54 Å². The van der Waals surface area contributed by atoms with E-state index in [0.717, 1.165) is 6.42 Å². The van der Waals surface area contributed by atoms with E-state index >= 15 is 0 Å². The quantitative estimate of drug-likeness (QED) is 0.565. The minimum Gasteiger partial charge on any atom is -0.353 e. The molecule has 0 aromatic heterocycles. The van der Waals surface area contributed by atoms with E-state index < -0.39 is 0 Å². The molecule has 9 heavy (non-hydrogen) atoms. The Balaban J connectivity index is 3.09. The summed E-state index contributed by atoms with van der Waals surface area (Å²) < 4.78 is 0. The fourth-order valence-corrected chi connectivity index (χ4v) is 0.453. The summed E-state index contributed by atoms with van der Waals surface area (Å²) in [6, 6.07) is 0. The molecular weight excluding hydrogens is 114 g/mol. The third kappa shape index (κ3) is 7.21. The van der Waals surface area contributed by atoms with Gasteiger partial charge in [0.05, 0.1) is 0 Å². The van der Waals surface area contributed by atoms with Crippen LogP contribution in [0, 0.1) is 0 Å². The number of hydrogen-bond acceptors (Lipinski definition) is 1. The maximum absolute atomic E-state index is 10.3. The van der Waals surface area contributed by atoms with Gasteiger partial charge in [-0.1, -0.05) is 19.1 Å². The van der Waals surface area contributed by atoms with Gasteiger partial charge in [-0.15, -0.1) is 0 Å². The fourth-order valence-electron chi connectivity index (χ4n) is 0.453. The van der Waals surface area contributed by atoms with Crippen molar-refractivity contribution in [2.75, 3.05) is 6.54 Å². The molecule has 0 fully saturated rings. The first kappa shape index (κ1) is 8.21. The van der Waals surface area contributed by atoms with Gasteiger partial charge in [0.1, 0.15) is 0 Å². The molecule has 0 rings (SSSR count). The Kier molecular flexibility index (Phi) is 4.88. The van der Waals surface area contributed by atoms with Gasteiger partial charge in [-0.25, -0.2) is 0 Å². The predicted octanol–water partition coefficient (Wildman–Crippen LogP) is 1.09. The van der Waals surface area contributed by atoms with E-state index in [4.69, 9.17) is 0 Å². The van der Waals surface area contributed by atoms with Gasteiger partial charge in [0, 0.05) is 13.5 Å². The first-order valence-electron chi connectivity index (χ1n) is 3.16. The van der Waals surface area contributed by atoms with E-state index in [1.807, 2.05) is 12.2 Å². The Morgan fingerprint density at radius 3 is 2.67 bits per heavy atom. The largest absolute Gasteiger partial charge is 0.353 e. The smallest absolute Gasteiger partial charge is 0.217 e. The lowest BCUT2D eigenvalue weighted by Crippen LogP contribution is -2.19. The standard InChI is InChI=1S/C7H13NO/c1-3-4-5-6-8-7(2)9/h4-5H,3,6H2,1-2H3,(H,8,9)/b5-4+. The topological polar surface area (TPSA) is 29.1 Å². The monoisotopic (exact) mass is 127 g/mol. The van der Waals surface area contributed by atoms with Gasteiger partial charge in [0.15, 0.2) is 0 Å². The van der Waals surface area contributed by atoms with Crippen LogP contribution in [0.4, 0.5) is 0 Å². The van der Waals surface area contributed by atoms with Crippen LogP contribution in [0.3, 0.4) is 0 Å². The minimum atomic E-state index is 0.0238. The molecule has 0 heterocycles. The molecule has 0 aliphatic rings. The average molecular weight is 127 g/mol. The van der Waals surface area contributed by atoms with Gasteiger partial charge in [-0.3, -0.25) is 4.79 Å². The van der Waals surface area contributed by atoms with E-state index in [2.05, 4.69) is 12.2 Å². The second-order valence-corrected chi connectivity index (χ2v) is 1.82. The number of nitrogens with one attached hydrogen (secondary N) is 1. The van der Waals surface area contributed by atoms with Crippen molar-refractivity contribution < 1.29 is 4.79 Å². The zero-order valence-corrected chi connectivity index (χ0v) is 5.98. The van der Waals surface area contributed by atoms with Crippen molar-refractivity contribution in [1.82, 2.24) is 5.32 Å². The Labute approximate surface area is 56.0 Å². The highest BCUT2D eigenvalue weighted by Gasteiger charge is 1.82. The zero-order valence-electron chi connectivity index (χ0n) is 5.98. The molecule has 0 aromatic rings. The van der Waals surface area contributed by atoms with E-state index in [1.165, 1.54) is 6.92 Å². The first-order valence-corrected chi connectivity index (χ1v) is 3.16. The normalized spacial score (nSPS) is 10.0. The fraction of sp³-hybridized carbons (Fsp3) is 0.571. The van der Waals surface area contributed by atoms with Gasteiger partial charge in [-0.05, 0) is 6.42 Å². The van der Waals surface area contributed by atoms with Crippen molar-refractivity contribution in [2.24, 2.45) is 0 Å². The summed E-state index contributed by atoms with van der Waals surface area (Å²) in [5.74, 6) is 0.0238. The molecule has 0 aliphatic carbocycles. The Bertz CT molecular complexity index is 107. The first-order chi connectivity index (χ1) is 4.27. The molecule has 0 saturated heterocycles. The molecule has 0 saturated carbocycles. The Morgan fingerprint density at radius 2 is 2.22 bits per heavy atom. The minimum absolute atomic E-state index is 0.0238. The molecule has 0 radical (unpaired) electrons. The number of rotatable bonds is 3. The molecule has 52 valence electrons. The second kappa shape index (κ2) is 5.35. The molecule has 0 spiro atoms. The highest BCUT2D eigenvalue weighted by atomic mass is 16.1. The van der Waals surface area contributed by atoms with Crippen molar-refractivity contribution in [3.8, 4) is 0 Å². The summed E-state index contributed by atoms with van der Waals surface area (Å²) in [5.41, 5.74) is 0. The number of hydrogen-bond donors (Lipinski definition) is 1. The summed E-state index contributed by atoms with van der Waals surface area (Å²) in [4.78, 5) is 10.3. The number of allylic oxidation sites excluding steroid dienone is 1. The lowest BCUT2D eigenvalue weighted by molar-refractivity contribution is -0.118. The second-order valence-electron chi connectivity index (χ2n) is 1.82. The van der Waals surface area contributed by atoms with Gasteiger partial charge >= 0.3 is 0 Å². The molecule has 0 bridgehead atoms. The molecule has 2 nitrogen and oxygen atoms in total. The van der Waals surface area contributed by atoms with Crippen LogP contribution in [-0.2, 0) is 4.79 Å². The molecule has 0 unspecified atom stereocenters. The summed E-state index contributed by atoms with van der Waals surface area (Å²) in [6.07, 6.45) is 5.00. The SMILES string of the molecule is CC/C=C/CNC(C)=O. The van der Waals surface area contributed by atoms with E-state index in [9.17, 15) is 4.79 Å². The molecular formula is C7H13NO. The molecule has 1 N–H and O–H groups in total. The summed E-state index contributed by atoms with van der Waals surface area (Å²) in [5, 5.41) is 2.65. The Morgan fingerprint density at radius 1 is 1.56 bits per heavy atom. The third-order valence-electron chi connectivity index (χ3n) is 0.871. The maximum atomic E-state index is 10.3. The highest BCUT2D eigenvalue weighted by molar-refractivity contribution is 5.72. The van der Waals surface area contributed by atoms with Crippen molar-refractivity contribution in [1.29, 1.82) is 0 Å². The summed E-state index contributed by atoms with van der Waals surface area (Å²) in [6.45, 7) is 4.23. The summed E-state index contributed by atoms with van der Waals surface area (Å²) >= 11 is 0. The molecule has 0 aliphatic heterocycles. The van der Waals surface area contributed by atoms with Crippen molar-refractivity contribution in [2.45, 2.75) is 20.3 Å². The van der Waals surface area contributed by atoms with Crippen LogP contribution in [0.1, 0.15) is 20.3 Å². The number of carbonyl (C=O) groups is 1. The van der Waals surface area contributed by atoms with Crippen LogP contribution >= 0.6 is 0 Å². The van der Waals surface area contributed by atoms with Crippen LogP contribution in [0.15, 0.2) is 12.2 Å². The average Bonchev–Trinajstić information content (AvgIpc) is 1.80. The van der Waals surface area contributed by atoms with Crippen LogP contribution in [-0.4, -0.2) is 12.5 Å². The van der Waals surface area contributed by atoms with Gasteiger partial charge in [0.25, 0.3) is 0 Å². The van der Waals surface area contributed by atoms with Gasteiger partial charge in [0.2, 0.25) is 5.91 Å². The number of amides is 1. The molecule has 0 aromatic carbocycles. The molecule has 1 amide bonds. The van der Waals surface area contributed by atoms with E-state index in [-0.39, 0.29) is 5.91 Å². The number of carbonyl (C=O) groups excluding carboxylic acids is 1. The van der Waals surface area contributed by atoms with Crippen molar-refractivity contribution in [3.05, 3.63) is 12.2 Å². The van der Waals surface area contributed by atoms with E-state index in [1.54, 1.807) is 0 Å². The van der Waals surface area contributed by atoms with Crippen molar-refractivity contribution in [3.63, 3.8) is 0 Å². The lowest BCUT2D eigenvalue weighted by Gasteiger charge is -1.92. The predicted molar refractivity (Wildman–Crippen MR) is 38.1 cm³/mol. The van der Waals surface area contributed by atoms with Crippen LogP contribution in [0.25, 0.3) is 0 Å². The third-order valence-corrected chi connectivity index (χ3v) is 0.871. The maximum Gasteiger partial charge on any atom is 0.217 e. The summed E-state index contributed by atoms with van der Waals surface area (Å²) in [7, 11) is 0. The molecule has 2 heteroatoms. The van der Waals surface area contributed by atoms with Crippen LogP contribution in [0.2, 0.25) is 0 Å². The lowest BCUT2D eigenvalue weighted by atomic mass is 10.4. The van der Waals surface area contributed by atoms with Crippen LogP contribution < -0.4 is 5.32 Å². The Hall–Kier alpha value is -0.790. The van der Waals surface area contributed by atoms with Crippen LogP contribution in [0.5, 0.6) is 0 Å². The van der Waals surface area contributed by atoms with Gasteiger partial charge < -0.3 is 5.32 Å². The van der Waals surface area contributed by atoms with Crippen molar-refractivity contribution >= 4 is 5.91 Å². The highest BCUT2D eigenvalue weighted by Crippen LogP contribution is 1.76. The zero-order chi connectivity index (χ0) is 7.11. The molecule has 0 atom stereocenters.